The van der Waals surface area contributed by atoms with Crippen LogP contribution >= 0.6 is 11.6 Å². The first-order valence-corrected chi connectivity index (χ1v) is 6.25. The zero-order valence-electron chi connectivity index (χ0n) is 11.1. The van der Waals surface area contributed by atoms with Gasteiger partial charge in [-0.3, -0.25) is 4.79 Å². The number of carbonyl (C=O) groups excluding carboxylic acids is 1. The van der Waals surface area contributed by atoms with Crippen LogP contribution in [0.1, 0.15) is 21.8 Å². The minimum atomic E-state index is -2.97. The molecule has 0 aliphatic rings. The summed E-state index contributed by atoms with van der Waals surface area (Å²) in [6.45, 7) is 0.282. The molecule has 0 saturated carbocycles. The predicted octanol–water partition coefficient (Wildman–Crippen LogP) is 3.80. The predicted molar refractivity (Wildman–Crippen MR) is 72.0 cm³/mol. The first-order valence-electron chi connectivity index (χ1n) is 5.87. The van der Waals surface area contributed by atoms with Crippen LogP contribution in [0.4, 0.5) is 14.5 Å². The van der Waals surface area contributed by atoms with E-state index in [0.29, 0.717) is 22.7 Å². The molecule has 1 aromatic carbocycles. The topological polar surface area (TPSA) is 64.4 Å². The van der Waals surface area contributed by atoms with E-state index in [2.05, 4.69) is 15.2 Å². The summed E-state index contributed by atoms with van der Waals surface area (Å²) < 4.78 is 33.3. The zero-order chi connectivity index (χ0) is 15.6. The van der Waals surface area contributed by atoms with Gasteiger partial charge in [0.15, 0.2) is 0 Å². The number of aromatic nitrogens is 1. The minimum Gasteiger partial charge on any atom is -0.433 e. The number of halogens is 3. The molecule has 1 N–H and O–H groups in total. The van der Waals surface area contributed by atoms with Crippen molar-refractivity contribution in [2.45, 2.75) is 20.5 Å². The Kier molecular flexibility index (Phi) is 4.42. The molecule has 0 aliphatic heterocycles. The molecule has 0 atom stereocenters. The number of ether oxygens (including phenoxy) is 1. The number of nitrogens with zero attached hydrogens (tertiary/aromatic N) is 1. The molecule has 5 nitrogen and oxygen atoms in total. The maximum Gasteiger partial charge on any atom is 0.387 e. The van der Waals surface area contributed by atoms with E-state index < -0.39 is 12.5 Å². The van der Waals surface area contributed by atoms with Gasteiger partial charge in [0.05, 0.1) is 10.7 Å². The number of alkyl halides is 2. The van der Waals surface area contributed by atoms with Crippen LogP contribution in [-0.4, -0.2) is 17.7 Å². The van der Waals surface area contributed by atoms with Gasteiger partial charge < -0.3 is 14.6 Å². The standard InChI is InChI=1S/C13H11ClF2N2O3/c1-6-11(7(2)21-18-6)12(19)17-8-3-4-10(9(14)5-8)20-13(15)16/h3-5,13H,1-2H3,(H,17,19). The van der Waals surface area contributed by atoms with Crippen molar-refractivity contribution in [2.24, 2.45) is 0 Å². The average molecular weight is 317 g/mol. The van der Waals surface area contributed by atoms with Crippen molar-refractivity contribution in [3.8, 4) is 5.75 Å². The maximum absolute atomic E-state index is 12.1. The molecule has 112 valence electrons. The summed E-state index contributed by atoms with van der Waals surface area (Å²) in [4.78, 5) is 12.1. The molecule has 1 heterocycles. The zero-order valence-corrected chi connectivity index (χ0v) is 11.9. The number of hydrogen-bond acceptors (Lipinski definition) is 4. The Bertz CT molecular complexity index is 654. The molecule has 0 spiro atoms. The Balaban J connectivity index is 2.17. The number of carbonyl (C=O) groups is 1. The van der Waals surface area contributed by atoms with E-state index in [-0.39, 0.29) is 10.8 Å². The molecule has 1 aromatic heterocycles. The fourth-order valence-electron chi connectivity index (χ4n) is 1.77. The van der Waals surface area contributed by atoms with Crippen LogP contribution in [0.5, 0.6) is 5.75 Å². The Hall–Kier alpha value is -2.15. The lowest BCUT2D eigenvalue weighted by molar-refractivity contribution is -0.0497. The summed E-state index contributed by atoms with van der Waals surface area (Å²) in [5.74, 6) is -0.208. The van der Waals surface area contributed by atoms with Gasteiger partial charge in [-0.1, -0.05) is 16.8 Å². The van der Waals surface area contributed by atoms with E-state index in [4.69, 9.17) is 16.1 Å². The van der Waals surface area contributed by atoms with Crippen LogP contribution in [0.25, 0.3) is 0 Å². The fourth-order valence-corrected chi connectivity index (χ4v) is 2.00. The van der Waals surface area contributed by atoms with E-state index in [9.17, 15) is 13.6 Å². The maximum atomic E-state index is 12.1. The molecule has 0 unspecified atom stereocenters. The number of hydrogen-bond donors (Lipinski definition) is 1. The number of amides is 1. The molecule has 0 fully saturated rings. The number of nitrogens with one attached hydrogen (secondary N) is 1. The molecule has 1 amide bonds. The smallest absolute Gasteiger partial charge is 0.387 e. The monoisotopic (exact) mass is 316 g/mol. The second-order valence-electron chi connectivity index (χ2n) is 4.18. The van der Waals surface area contributed by atoms with Crippen molar-refractivity contribution in [3.05, 3.63) is 40.2 Å². The summed E-state index contributed by atoms with van der Waals surface area (Å²) in [6.07, 6.45) is 0. The molecule has 0 bridgehead atoms. The van der Waals surface area contributed by atoms with Gasteiger partial charge in [-0.15, -0.1) is 0 Å². The highest BCUT2D eigenvalue weighted by molar-refractivity contribution is 6.32. The van der Waals surface area contributed by atoms with Crippen molar-refractivity contribution >= 4 is 23.2 Å². The Labute approximate surface area is 123 Å². The third kappa shape index (κ3) is 3.49. The highest BCUT2D eigenvalue weighted by atomic mass is 35.5. The molecule has 2 rings (SSSR count). The molecule has 0 saturated heterocycles. The van der Waals surface area contributed by atoms with Gasteiger partial charge in [-0.25, -0.2) is 0 Å². The number of benzene rings is 1. The van der Waals surface area contributed by atoms with Gasteiger partial charge in [0.2, 0.25) is 0 Å². The van der Waals surface area contributed by atoms with Crippen molar-refractivity contribution in [1.82, 2.24) is 5.16 Å². The largest absolute Gasteiger partial charge is 0.433 e. The first-order chi connectivity index (χ1) is 9.88. The number of rotatable bonds is 4. The third-order valence-corrected chi connectivity index (χ3v) is 2.96. The summed E-state index contributed by atoms with van der Waals surface area (Å²) in [7, 11) is 0. The Morgan fingerprint density at radius 2 is 2.14 bits per heavy atom. The van der Waals surface area contributed by atoms with E-state index in [1.807, 2.05) is 0 Å². The van der Waals surface area contributed by atoms with Crippen LogP contribution in [0.3, 0.4) is 0 Å². The Morgan fingerprint density at radius 1 is 1.43 bits per heavy atom. The van der Waals surface area contributed by atoms with Gasteiger partial charge in [-0.2, -0.15) is 8.78 Å². The summed E-state index contributed by atoms with van der Waals surface area (Å²) in [5.41, 5.74) is 1.11. The van der Waals surface area contributed by atoms with Gasteiger partial charge >= 0.3 is 6.61 Å². The lowest BCUT2D eigenvalue weighted by Crippen LogP contribution is -2.13. The highest BCUT2D eigenvalue weighted by Crippen LogP contribution is 2.29. The van der Waals surface area contributed by atoms with Gasteiger partial charge in [0, 0.05) is 5.69 Å². The molecule has 2 aromatic rings. The SMILES string of the molecule is Cc1noc(C)c1C(=O)Nc1ccc(OC(F)F)c(Cl)c1. The normalized spacial score (nSPS) is 10.8. The fraction of sp³-hybridized carbons (Fsp3) is 0.231. The summed E-state index contributed by atoms with van der Waals surface area (Å²) in [6, 6.07) is 3.96. The summed E-state index contributed by atoms with van der Waals surface area (Å²) >= 11 is 5.80. The van der Waals surface area contributed by atoms with Crippen molar-refractivity contribution in [1.29, 1.82) is 0 Å². The molecule has 8 heteroatoms. The van der Waals surface area contributed by atoms with Crippen LogP contribution < -0.4 is 10.1 Å². The molecular formula is C13H11ClF2N2O3. The van der Waals surface area contributed by atoms with E-state index in [1.54, 1.807) is 13.8 Å². The second kappa shape index (κ2) is 6.09. The highest BCUT2D eigenvalue weighted by Gasteiger charge is 2.18. The lowest BCUT2D eigenvalue weighted by Gasteiger charge is -2.09. The quantitative estimate of drug-likeness (QED) is 0.932. The molecular weight excluding hydrogens is 306 g/mol. The summed E-state index contributed by atoms with van der Waals surface area (Å²) in [5, 5.41) is 6.22. The lowest BCUT2D eigenvalue weighted by atomic mass is 10.2. The minimum absolute atomic E-state index is 0.0353. The van der Waals surface area contributed by atoms with Gasteiger partial charge in [0.25, 0.3) is 5.91 Å². The third-order valence-electron chi connectivity index (χ3n) is 2.67. The van der Waals surface area contributed by atoms with Crippen molar-refractivity contribution < 1.29 is 22.8 Å². The molecule has 0 aliphatic carbocycles. The second-order valence-corrected chi connectivity index (χ2v) is 4.58. The van der Waals surface area contributed by atoms with E-state index in [0.717, 1.165) is 0 Å². The average Bonchev–Trinajstić information content (AvgIpc) is 2.72. The first kappa shape index (κ1) is 15.2. The number of aryl methyl sites for hydroxylation is 2. The van der Waals surface area contributed by atoms with Crippen LogP contribution in [-0.2, 0) is 0 Å². The van der Waals surface area contributed by atoms with Gasteiger partial charge in [0.1, 0.15) is 17.1 Å². The molecule has 21 heavy (non-hydrogen) atoms. The Morgan fingerprint density at radius 3 is 2.67 bits per heavy atom. The van der Waals surface area contributed by atoms with Gasteiger partial charge in [-0.05, 0) is 32.0 Å². The van der Waals surface area contributed by atoms with Crippen LogP contribution in [0.2, 0.25) is 5.02 Å². The van der Waals surface area contributed by atoms with Crippen molar-refractivity contribution in [2.75, 3.05) is 5.32 Å². The van der Waals surface area contributed by atoms with Crippen molar-refractivity contribution in [3.63, 3.8) is 0 Å². The van der Waals surface area contributed by atoms with Crippen LogP contribution in [0, 0.1) is 13.8 Å². The van der Waals surface area contributed by atoms with Crippen LogP contribution in [0.15, 0.2) is 22.7 Å². The van der Waals surface area contributed by atoms with E-state index in [1.165, 1.54) is 18.2 Å². The number of anilines is 1. The van der Waals surface area contributed by atoms with E-state index >= 15 is 0 Å². The molecule has 0 radical (unpaired) electrons.